The number of rotatable bonds is 7. The highest BCUT2D eigenvalue weighted by molar-refractivity contribution is 6.00. The zero-order chi connectivity index (χ0) is 19.7. The highest BCUT2D eigenvalue weighted by Gasteiger charge is 2.62. The fourth-order valence-electron chi connectivity index (χ4n) is 4.83. The van der Waals surface area contributed by atoms with Crippen molar-refractivity contribution in [2.75, 3.05) is 13.2 Å². The molecule has 0 aromatic carbocycles. The van der Waals surface area contributed by atoms with E-state index in [4.69, 9.17) is 9.47 Å². The second kappa shape index (κ2) is 7.72. The highest BCUT2D eigenvalue weighted by Crippen LogP contribution is 2.54. The topological polar surface area (TPSA) is 113 Å². The summed E-state index contributed by atoms with van der Waals surface area (Å²) < 4.78 is 10.0. The van der Waals surface area contributed by atoms with Gasteiger partial charge in [0.1, 0.15) is 18.4 Å². The van der Waals surface area contributed by atoms with Crippen LogP contribution in [-0.4, -0.2) is 58.5 Å². The van der Waals surface area contributed by atoms with Crippen LogP contribution < -0.4 is 0 Å². The third-order valence-electron chi connectivity index (χ3n) is 5.81. The van der Waals surface area contributed by atoms with Crippen LogP contribution >= 0.6 is 0 Å². The fourth-order valence-corrected chi connectivity index (χ4v) is 4.83. The predicted octanol–water partition coefficient (Wildman–Crippen LogP) is 1.69. The van der Waals surface area contributed by atoms with Crippen molar-refractivity contribution in [3.05, 3.63) is 23.9 Å². The maximum atomic E-state index is 12.7. The number of carboxylic acid groups (broad SMARTS) is 1. The van der Waals surface area contributed by atoms with Gasteiger partial charge in [0.05, 0.1) is 12.0 Å². The molecule has 1 saturated heterocycles. The van der Waals surface area contributed by atoms with Crippen LogP contribution in [0.15, 0.2) is 23.9 Å². The molecule has 1 unspecified atom stereocenters. The molecular formula is C19H25NO7. The lowest BCUT2D eigenvalue weighted by molar-refractivity contribution is -0.164. The third-order valence-corrected chi connectivity index (χ3v) is 5.81. The number of ether oxygens (including phenoxy) is 2. The van der Waals surface area contributed by atoms with Gasteiger partial charge in [0.25, 0.3) is 0 Å². The van der Waals surface area contributed by atoms with Crippen molar-refractivity contribution < 1.29 is 34.1 Å². The molecule has 148 valence electrons. The molecule has 3 aliphatic rings. The molecule has 1 saturated carbocycles. The summed E-state index contributed by atoms with van der Waals surface area (Å²) in [5.74, 6) is -2.16. The SMILES string of the molecule is C=CCOC(=O)O[C@H](C)[C@H]1C(=O)N2C(C(=O)O)=C3C(CCO)CCC[C@@H]3[C@H]12. The van der Waals surface area contributed by atoms with Crippen LogP contribution in [0.4, 0.5) is 4.79 Å². The van der Waals surface area contributed by atoms with Gasteiger partial charge in [-0.05, 0) is 37.7 Å². The van der Waals surface area contributed by atoms with Gasteiger partial charge in [-0.25, -0.2) is 9.59 Å². The first-order valence-electron chi connectivity index (χ1n) is 9.27. The number of nitrogens with zero attached hydrogens (tertiary/aromatic N) is 1. The second-order valence-electron chi connectivity index (χ2n) is 7.25. The van der Waals surface area contributed by atoms with E-state index in [1.165, 1.54) is 11.0 Å². The second-order valence-corrected chi connectivity index (χ2v) is 7.25. The summed E-state index contributed by atoms with van der Waals surface area (Å²) in [6.07, 6.45) is 2.81. The molecule has 3 rings (SSSR count). The first-order valence-corrected chi connectivity index (χ1v) is 9.27. The summed E-state index contributed by atoms with van der Waals surface area (Å²) >= 11 is 0. The van der Waals surface area contributed by atoms with Crippen LogP contribution in [0.1, 0.15) is 32.6 Å². The maximum Gasteiger partial charge on any atom is 0.508 e. The Morgan fingerprint density at radius 1 is 1.41 bits per heavy atom. The molecule has 2 fully saturated rings. The normalized spacial score (nSPS) is 30.1. The van der Waals surface area contributed by atoms with Gasteiger partial charge in [-0.1, -0.05) is 19.1 Å². The number of carbonyl (C=O) groups is 3. The number of β-lactam (4-membered cyclic amide) rings is 1. The van der Waals surface area contributed by atoms with E-state index in [9.17, 15) is 24.6 Å². The number of fused-ring (bicyclic) bond motifs is 3. The van der Waals surface area contributed by atoms with Crippen LogP contribution in [0, 0.1) is 17.8 Å². The van der Waals surface area contributed by atoms with Crippen LogP contribution in [0.2, 0.25) is 0 Å². The Hall–Kier alpha value is -2.35. The molecule has 1 amide bonds. The number of aliphatic carboxylic acids is 1. The molecule has 27 heavy (non-hydrogen) atoms. The molecule has 8 heteroatoms. The smallest absolute Gasteiger partial charge is 0.477 e. The molecule has 2 aliphatic heterocycles. The van der Waals surface area contributed by atoms with Gasteiger partial charge in [-0.2, -0.15) is 0 Å². The van der Waals surface area contributed by atoms with Gasteiger partial charge in [-0.3, -0.25) is 4.79 Å². The van der Waals surface area contributed by atoms with E-state index >= 15 is 0 Å². The van der Waals surface area contributed by atoms with Gasteiger partial charge < -0.3 is 24.6 Å². The van der Waals surface area contributed by atoms with Crippen molar-refractivity contribution in [2.24, 2.45) is 17.8 Å². The predicted molar refractivity (Wildman–Crippen MR) is 93.4 cm³/mol. The molecule has 1 aliphatic carbocycles. The van der Waals surface area contributed by atoms with E-state index in [1.54, 1.807) is 6.92 Å². The summed E-state index contributed by atoms with van der Waals surface area (Å²) in [7, 11) is 0. The third kappa shape index (κ3) is 3.22. The molecule has 0 spiro atoms. The monoisotopic (exact) mass is 379 g/mol. The molecule has 5 atom stereocenters. The van der Waals surface area contributed by atoms with E-state index in [0.29, 0.717) is 6.42 Å². The van der Waals surface area contributed by atoms with Gasteiger partial charge >= 0.3 is 12.1 Å². The number of aliphatic hydroxyl groups is 1. The van der Waals surface area contributed by atoms with Crippen LogP contribution in [-0.2, 0) is 19.1 Å². The van der Waals surface area contributed by atoms with Gasteiger partial charge in [0.15, 0.2) is 0 Å². The number of aliphatic hydroxyl groups excluding tert-OH is 1. The summed E-state index contributed by atoms with van der Waals surface area (Å²) in [5.41, 5.74) is 0.830. The Labute approximate surface area is 157 Å². The average Bonchev–Trinajstić information content (AvgIpc) is 2.92. The van der Waals surface area contributed by atoms with Gasteiger partial charge in [-0.15, -0.1) is 0 Å². The van der Waals surface area contributed by atoms with E-state index in [-0.39, 0.29) is 42.7 Å². The largest absolute Gasteiger partial charge is 0.508 e. The quantitative estimate of drug-likeness (QED) is 0.393. The molecule has 8 nitrogen and oxygen atoms in total. The van der Waals surface area contributed by atoms with Crippen LogP contribution in [0.3, 0.4) is 0 Å². The zero-order valence-electron chi connectivity index (χ0n) is 15.3. The lowest BCUT2D eigenvalue weighted by Crippen LogP contribution is -2.64. The van der Waals surface area contributed by atoms with Crippen molar-refractivity contribution in [1.29, 1.82) is 0 Å². The Balaban J connectivity index is 1.82. The molecular weight excluding hydrogens is 354 g/mol. The maximum absolute atomic E-state index is 12.7. The standard InChI is InChI=1S/C19H25NO7/c1-3-9-26-19(25)27-10(2)13-15-12-6-4-5-11(7-8-21)14(12)16(18(23)24)20(15)17(13)22/h3,10-13,15,21H,1,4-9H2,2H3,(H,23,24)/t10-,11?,12+,13-,15-/m1/s1. The summed E-state index contributed by atoms with van der Waals surface area (Å²) in [6, 6.07) is -0.317. The van der Waals surface area contributed by atoms with Crippen molar-refractivity contribution >= 4 is 18.0 Å². The lowest BCUT2D eigenvalue weighted by atomic mass is 9.69. The van der Waals surface area contributed by atoms with E-state index in [0.717, 1.165) is 24.8 Å². The first-order chi connectivity index (χ1) is 12.9. The number of carboxylic acids is 1. The summed E-state index contributed by atoms with van der Waals surface area (Å²) in [5, 5.41) is 19.1. The summed E-state index contributed by atoms with van der Waals surface area (Å²) in [6.45, 7) is 5.07. The fraction of sp³-hybridized carbons (Fsp3) is 0.632. The van der Waals surface area contributed by atoms with E-state index < -0.39 is 24.1 Å². The molecule has 0 radical (unpaired) electrons. The minimum Gasteiger partial charge on any atom is -0.477 e. The minimum atomic E-state index is -1.12. The van der Waals surface area contributed by atoms with Gasteiger partial charge in [0, 0.05) is 12.5 Å². The summed E-state index contributed by atoms with van der Waals surface area (Å²) in [4.78, 5) is 37.7. The Morgan fingerprint density at radius 2 is 2.15 bits per heavy atom. The Morgan fingerprint density at radius 3 is 2.78 bits per heavy atom. The first kappa shape index (κ1) is 19.4. The minimum absolute atomic E-state index is 0.0139. The van der Waals surface area contributed by atoms with Crippen LogP contribution in [0.25, 0.3) is 0 Å². The highest BCUT2D eigenvalue weighted by atomic mass is 16.7. The number of hydrogen-bond donors (Lipinski definition) is 2. The zero-order valence-corrected chi connectivity index (χ0v) is 15.3. The molecule has 0 aromatic rings. The molecule has 2 heterocycles. The lowest BCUT2D eigenvalue weighted by Gasteiger charge is -2.48. The van der Waals surface area contributed by atoms with Gasteiger partial charge in [0.2, 0.25) is 5.91 Å². The van der Waals surface area contributed by atoms with E-state index in [1.807, 2.05) is 0 Å². The van der Waals surface area contributed by atoms with Crippen LogP contribution in [0.5, 0.6) is 0 Å². The Bertz CT molecular complexity index is 684. The number of carbonyl (C=O) groups excluding carboxylic acids is 2. The van der Waals surface area contributed by atoms with Crippen molar-refractivity contribution in [3.63, 3.8) is 0 Å². The number of amides is 1. The van der Waals surface area contributed by atoms with Crippen molar-refractivity contribution in [3.8, 4) is 0 Å². The van der Waals surface area contributed by atoms with Crippen molar-refractivity contribution in [2.45, 2.75) is 44.8 Å². The van der Waals surface area contributed by atoms with E-state index in [2.05, 4.69) is 6.58 Å². The molecule has 0 bridgehead atoms. The number of hydrogen-bond acceptors (Lipinski definition) is 6. The van der Waals surface area contributed by atoms with Crippen molar-refractivity contribution in [1.82, 2.24) is 4.90 Å². The molecule has 2 N–H and O–H groups in total. The Kier molecular flexibility index (Phi) is 5.55. The molecule has 0 aromatic heterocycles. The average molecular weight is 379 g/mol.